The molecule has 3 aromatic rings. The van der Waals surface area contributed by atoms with Gasteiger partial charge in [0.2, 0.25) is 5.91 Å². The highest BCUT2D eigenvalue weighted by molar-refractivity contribution is 8.00. The molecule has 1 aliphatic rings. The monoisotopic (exact) mass is 466 g/mol. The van der Waals surface area contributed by atoms with Crippen molar-refractivity contribution in [3.05, 3.63) is 70.5 Å². The van der Waals surface area contributed by atoms with E-state index < -0.39 is 22.9 Å². The number of nitrogens with one attached hydrogen (secondary N) is 1. The number of alkyl halides is 3. The van der Waals surface area contributed by atoms with Gasteiger partial charge in [0.15, 0.2) is 5.16 Å². The number of thioether (sulfide) groups is 1. The Balaban J connectivity index is 1.62. The van der Waals surface area contributed by atoms with Gasteiger partial charge in [0.25, 0.3) is 0 Å². The molecule has 10 heteroatoms. The van der Waals surface area contributed by atoms with E-state index in [9.17, 15) is 18.0 Å². The zero-order valence-corrected chi connectivity index (χ0v) is 17.9. The number of aromatic nitrogens is 3. The lowest BCUT2D eigenvalue weighted by Gasteiger charge is -2.18. The second-order valence-corrected chi connectivity index (χ2v) is 8.74. The number of rotatable bonds is 6. The number of benzene rings is 2. The SMILES string of the molecule is Cn1c(S[C@H](C(=O)Nc2cc(C(F)(F)F)ccc2Cl)c2ccccc2)nnc1C1CC1. The summed E-state index contributed by atoms with van der Waals surface area (Å²) < 4.78 is 41.1. The van der Waals surface area contributed by atoms with Crippen LogP contribution in [0.1, 0.15) is 41.0 Å². The van der Waals surface area contributed by atoms with Gasteiger partial charge >= 0.3 is 6.18 Å². The van der Waals surface area contributed by atoms with E-state index in [1.165, 1.54) is 11.8 Å². The molecular formula is C21H18ClF3N4OS. The Morgan fingerprint density at radius 1 is 1.19 bits per heavy atom. The molecule has 1 atom stereocenters. The molecule has 1 N–H and O–H groups in total. The van der Waals surface area contributed by atoms with Crippen molar-refractivity contribution in [1.82, 2.24) is 14.8 Å². The molecule has 1 heterocycles. The molecule has 1 aliphatic carbocycles. The maximum Gasteiger partial charge on any atom is 0.416 e. The first-order valence-electron chi connectivity index (χ1n) is 9.52. The van der Waals surface area contributed by atoms with Gasteiger partial charge in [0, 0.05) is 13.0 Å². The average molecular weight is 467 g/mol. The van der Waals surface area contributed by atoms with Gasteiger partial charge in [-0.3, -0.25) is 4.79 Å². The number of anilines is 1. The van der Waals surface area contributed by atoms with Crippen LogP contribution in [0.25, 0.3) is 0 Å². The third-order valence-electron chi connectivity index (χ3n) is 4.93. The first kappa shape index (κ1) is 21.7. The summed E-state index contributed by atoms with van der Waals surface area (Å²) in [6.45, 7) is 0. The van der Waals surface area contributed by atoms with E-state index >= 15 is 0 Å². The number of carbonyl (C=O) groups is 1. The van der Waals surface area contributed by atoms with Crippen LogP contribution in [0.5, 0.6) is 0 Å². The zero-order chi connectivity index (χ0) is 22.2. The molecule has 1 saturated carbocycles. The van der Waals surface area contributed by atoms with Crippen molar-refractivity contribution in [2.75, 3.05) is 5.32 Å². The van der Waals surface area contributed by atoms with Crippen molar-refractivity contribution >= 4 is 35.0 Å². The summed E-state index contributed by atoms with van der Waals surface area (Å²) in [6, 6.07) is 11.8. The molecule has 0 aliphatic heterocycles. The Labute approximate surface area is 186 Å². The van der Waals surface area contributed by atoms with Crippen LogP contribution in [-0.2, 0) is 18.0 Å². The largest absolute Gasteiger partial charge is 0.416 e. The molecule has 0 saturated heterocycles. The lowest BCUT2D eigenvalue weighted by molar-refractivity contribution is -0.137. The third kappa shape index (κ3) is 4.88. The Morgan fingerprint density at radius 2 is 1.90 bits per heavy atom. The molecule has 0 bridgehead atoms. The van der Waals surface area contributed by atoms with Crippen LogP contribution in [0.2, 0.25) is 5.02 Å². The quantitative estimate of drug-likeness (QED) is 0.464. The second kappa shape index (κ2) is 8.55. The van der Waals surface area contributed by atoms with Crippen LogP contribution in [-0.4, -0.2) is 20.7 Å². The minimum atomic E-state index is -4.55. The normalized spacial score (nSPS) is 15.0. The highest BCUT2D eigenvalue weighted by Crippen LogP contribution is 2.42. The first-order valence-corrected chi connectivity index (χ1v) is 10.8. The van der Waals surface area contributed by atoms with Gasteiger partial charge in [-0.25, -0.2) is 0 Å². The molecule has 0 spiro atoms. The Morgan fingerprint density at radius 3 is 2.55 bits per heavy atom. The van der Waals surface area contributed by atoms with Crippen LogP contribution >= 0.6 is 23.4 Å². The van der Waals surface area contributed by atoms with Crippen molar-refractivity contribution in [1.29, 1.82) is 0 Å². The predicted octanol–water partition coefficient (Wildman–Crippen LogP) is 5.84. The molecule has 4 rings (SSSR count). The number of hydrogen-bond donors (Lipinski definition) is 1. The molecule has 1 aromatic heterocycles. The van der Waals surface area contributed by atoms with Gasteiger partial charge in [-0.05, 0) is 36.6 Å². The van der Waals surface area contributed by atoms with Crippen molar-refractivity contribution in [2.24, 2.45) is 7.05 Å². The number of halogens is 4. The van der Waals surface area contributed by atoms with Crippen LogP contribution in [0.3, 0.4) is 0 Å². The molecule has 5 nitrogen and oxygen atoms in total. The van der Waals surface area contributed by atoms with Gasteiger partial charge in [-0.15, -0.1) is 10.2 Å². The number of amides is 1. The molecule has 2 aromatic carbocycles. The summed E-state index contributed by atoms with van der Waals surface area (Å²) in [4.78, 5) is 13.2. The minimum absolute atomic E-state index is 0.0211. The smallest absolute Gasteiger partial charge is 0.323 e. The summed E-state index contributed by atoms with van der Waals surface area (Å²) in [5.74, 6) is 0.754. The van der Waals surface area contributed by atoms with E-state index in [-0.39, 0.29) is 10.7 Å². The van der Waals surface area contributed by atoms with Crippen molar-refractivity contribution in [3.8, 4) is 0 Å². The Hall–Kier alpha value is -2.52. The van der Waals surface area contributed by atoms with Crippen molar-refractivity contribution < 1.29 is 18.0 Å². The summed E-state index contributed by atoms with van der Waals surface area (Å²) >= 11 is 7.25. The van der Waals surface area contributed by atoms with Crippen LogP contribution in [0, 0.1) is 0 Å². The molecule has 162 valence electrons. The molecular weight excluding hydrogens is 449 g/mol. The number of carbonyl (C=O) groups excluding carboxylic acids is 1. The topological polar surface area (TPSA) is 59.8 Å². The zero-order valence-electron chi connectivity index (χ0n) is 16.4. The molecule has 1 fully saturated rings. The predicted molar refractivity (Wildman–Crippen MR) is 113 cm³/mol. The fraction of sp³-hybridized carbons (Fsp3) is 0.286. The second-order valence-electron chi connectivity index (χ2n) is 7.26. The maximum absolute atomic E-state index is 13.2. The molecule has 0 radical (unpaired) electrons. The van der Waals surface area contributed by atoms with Crippen LogP contribution in [0.15, 0.2) is 53.7 Å². The summed E-state index contributed by atoms with van der Waals surface area (Å²) in [7, 11) is 1.85. The summed E-state index contributed by atoms with van der Waals surface area (Å²) in [5, 5.41) is 10.8. The third-order valence-corrected chi connectivity index (χ3v) is 6.54. The van der Waals surface area contributed by atoms with Crippen LogP contribution < -0.4 is 5.32 Å². The lowest BCUT2D eigenvalue weighted by Crippen LogP contribution is -2.20. The van der Waals surface area contributed by atoms with Gasteiger partial charge < -0.3 is 9.88 Å². The fourth-order valence-electron chi connectivity index (χ4n) is 3.13. The van der Waals surface area contributed by atoms with Gasteiger partial charge in [-0.1, -0.05) is 53.7 Å². The van der Waals surface area contributed by atoms with E-state index in [2.05, 4.69) is 15.5 Å². The molecule has 1 amide bonds. The van der Waals surface area contributed by atoms with Gasteiger partial charge in [-0.2, -0.15) is 13.2 Å². The van der Waals surface area contributed by atoms with E-state index in [4.69, 9.17) is 11.6 Å². The van der Waals surface area contributed by atoms with Crippen molar-refractivity contribution in [3.63, 3.8) is 0 Å². The van der Waals surface area contributed by atoms with E-state index in [0.29, 0.717) is 16.6 Å². The van der Waals surface area contributed by atoms with Gasteiger partial charge in [0.05, 0.1) is 16.3 Å². The first-order chi connectivity index (χ1) is 14.7. The standard InChI is InChI=1S/C21H18ClF3N4OS/c1-29-18(13-7-8-13)27-28-20(29)31-17(12-5-3-2-4-6-12)19(30)26-16-11-14(21(23,24)25)9-10-15(16)22/h2-6,9-11,13,17H,7-8H2,1H3,(H,26,30)/t17-/m0/s1. The van der Waals surface area contributed by atoms with E-state index in [1.807, 2.05) is 17.7 Å². The number of hydrogen-bond acceptors (Lipinski definition) is 4. The molecule has 0 unspecified atom stereocenters. The highest BCUT2D eigenvalue weighted by Gasteiger charge is 2.33. The minimum Gasteiger partial charge on any atom is -0.323 e. The molecule has 31 heavy (non-hydrogen) atoms. The average Bonchev–Trinajstić information content (AvgIpc) is 3.51. The van der Waals surface area contributed by atoms with Gasteiger partial charge in [0.1, 0.15) is 11.1 Å². The lowest BCUT2D eigenvalue weighted by atomic mass is 10.1. The van der Waals surface area contributed by atoms with Crippen molar-refractivity contribution in [2.45, 2.75) is 35.3 Å². The van der Waals surface area contributed by atoms with E-state index in [1.54, 1.807) is 24.3 Å². The number of nitrogens with zero attached hydrogens (tertiary/aromatic N) is 3. The highest BCUT2D eigenvalue weighted by atomic mass is 35.5. The Kier molecular flexibility index (Phi) is 5.98. The Bertz CT molecular complexity index is 1100. The van der Waals surface area contributed by atoms with E-state index in [0.717, 1.165) is 36.9 Å². The van der Waals surface area contributed by atoms with Crippen LogP contribution in [0.4, 0.5) is 18.9 Å². The fourth-order valence-corrected chi connectivity index (χ4v) is 4.30. The summed E-state index contributed by atoms with van der Waals surface area (Å²) in [5.41, 5.74) is -0.304. The summed E-state index contributed by atoms with van der Waals surface area (Å²) in [6.07, 6.45) is -2.42. The maximum atomic E-state index is 13.2.